The van der Waals surface area contributed by atoms with Crippen molar-refractivity contribution in [3.8, 4) is 0 Å². The van der Waals surface area contributed by atoms with Gasteiger partial charge in [-0.3, -0.25) is 4.79 Å². The lowest BCUT2D eigenvalue weighted by atomic mass is 9.95. The molecule has 3 nitrogen and oxygen atoms in total. The zero-order valence-corrected chi connectivity index (χ0v) is 12.7. The quantitative estimate of drug-likeness (QED) is 0.886. The second-order valence-corrected chi connectivity index (χ2v) is 5.78. The molecule has 3 rings (SSSR count). The van der Waals surface area contributed by atoms with Gasteiger partial charge in [0, 0.05) is 6.54 Å². The van der Waals surface area contributed by atoms with Crippen molar-refractivity contribution in [2.24, 2.45) is 0 Å². The fourth-order valence-electron chi connectivity index (χ4n) is 2.46. The minimum absolute atomic E-state index is 0.103. The smallest absolute Gasteiger partial charge is 0.241 e. The minimum Gasteiger partial charge on any atom is -0.323 e. The van der Waals surface area contributed by atoms with Gasteiger partial charge in [-0.1, -0.05) is 53.5 Å². The Labute approximate surface area is 133 Å². The van der Waals surface area contributed by atoms with E-state index >= 15 is 0 Å². The summed E-state index contributed by atoms with van der Waals surface area (Å²) in [5, 5.41) is 6.87. The van der Waals surface area contributed by atoms with Crippen molar-refractivity contribution >= 4 is 34.8 Å². The lowest BCUT2D eigenvalue weighted by Gasteiger charge is -2.25. The number of hydrogen-bond donors (Lipinski definition) is 2. The number of hydrogen-bond acceptors (Lipinski definition) is 2. The lowest BCUT2D eigenvalue weighted by Crippen LogP contribution is -2.44. The van der Waals surface area contributed by atoms with E-state index in [2.05, 4.69) is 22.8 Å². The van der Waals surface area contributed by atoms with E-state index in [0.29, 0.717) is 28.7 Å². The van der Waals surface area contributed by atoms with Gasteiger partial charge in [0.05, 0.1) is 21.8 Å². The van der Waals surface area contributed by atoms with E-state index in [1.807, 2.05) is 12.1 Å². The largest absolute Gasteiger partial charge is 0.323 e. The van der Waals surface area contributed by atoms with Crippen LogP contribution in [0.25, 0.3) is 0 Å². The van der Waals surface area contributed by atoms with E-state index in [0.717, 1.165) is 0 Å². The second kappa shape index (κ2) is 6.06. The number of amides is 1. The van der Waals surface area contributed by atoms with Gasteiger partial charge in [0.2, 0.25) is 5.91 Å². The standard InChI is InChI=1S/C16H14Cl2N2O/c17-12-6-3-7-13(15(12)18)20-16(21)14-8-10-4-1-2-5-11(10)9-19-14/h1-7,14,19H,8-9H2,(H,20,21). The average molecular weight is 321 g/mol. The highest BCUT2D eigenvalue weighted by Crippen LogP contribution is 2.29. The maximum Gasteiger partial charge on any atom is 0.241 e. The Morgan fingerprint density at radius 1 is 1.10 bits per heavy atom. The molecule has 0 radical (unpaired) electrons. The molecule has 5 heteroatoms. The number of fused-ring (bicyclic) bond motifs is 1. The van der Waals surface area contributed by atoms with E-state index < -0.39 is 0 Å². The predicted molar refractivity (Wildman–Crippen MR) is 85.9 cm³/mol. The summed E-state index contributed by atoms with van der Waals surface area (Å²) in [4.78, 5) is 12.4. The maximum atomic E-state index is 12.4. The van der Waals surface area contributed by atoms with Crippen molar-refractivity contribution in [2.75, 3.05) is 5.32 Å². The molecule has 21 heavy (non-hydrogen) atoms. The molecule has 2 aromatic carbocycles. The van der Waals surface area contributed by atoms with Gasteiger partial charge in [-0.25, -0.2) is 0 Å². The third kappa shape index (κ3) is 3.05. The number of carbonyl (C=O) groups is 1. The monoisotopic (exact) mass is 320 g/mol. The first-order valence-electron chi connectivity index (χ1n) is 6.70. The van der Waals surface area contributed by atoms with Crippen molar-refractivity contribution < 1.29 is 4.79 Å². The summed E-state index contributed by atoms with van der Waals surface area (Å²) in [5.74, 6) is -0.103. The number of halogens is 2. The van der Waals surface area contributed by atoms with Crippen molar-refractivity contribution in [2.45, 2.75) is 19.0 Å². The van der Waals surface area contributed by atoms with E-state index in [1.54, 1.807) is 18.2 Å². The number of anilines is 1. The van der Waals surface area contributed by atoms with Crippen LogP contribution in [0.15, 0.2) is 42.5 Å². The number of benzene rings is 2. The second-order valence-electron chi connectivity index (χ2n) is 5.00. The fourth-order valence-corrected chi connectivity index (χ4v) is 2.81. The van der Waals surface area contributed by atoms with Crippen LogP contribution < -0.4 is 10.6 Å². The van der Waals surface area contributed by atoms with Crippen molar-refractivity contribution in [3.63, 3.8) is 0 Å². The van der Waals surface area contributed by atoms with Gasteiger partial charge in [0.1, 0.15) is 0 Å². The summed E-state index contributed by atoms with van der Waals surface area (Å²) in [7, 11) is 0. The van der Waals surface area contributed by atoms with E-state index in [1.165, 1.54) is 11.1 Å². The Balaban J connectivity index is 1.74. The predicted octanol–water partition coefficient (Wildman–Crippen LogP) is 3.65. The van der Waals surface area contributed by atoms with Crippen LogP contribution in [0.4, 0.5) is 5.69 Å². The summed E-state index contributed by atoms with van der Waals surface area (Å²) >= 11 is 12.0. The Bertz CT molecular complexity index is 688. The lowest BCUT2D eigenvalue weighted by molar-refractivity contribution is -0.118. The molecule has 0 bridgehead atoms. The summed E-state index contributed by atoms with van der Waals surface area (Å²) in [6, 6.07) is 13.0. The molecule has 0 spiro atoms. The third-order valence-electron chi connectivity index (χ3n) is 3.61. The van der Waals surface area contributed by atoms with Gasteiger partial charge in [0.15, 0.2) is 0 Å². The first kappa shape index (κ1) is 14.4. The molecule has 0 aliphatic carbocycles. The topological polar surface area (TPSA) is 41.1 Å². The molecular weight excluding hydrogens is 307 g/mol. The summed E-state index contributed by atoms with van der Waals surface area (Å²) in [6.45, 7) is 0.692. The molecule has 2 N–H and O–H groups in total. The van der Waals surface area contributed by atoms with Crippen LogP contribution in [0.3, 0.4) is 0 Å². The van der Waals surface area contributed by atoms with E-state index in [9.17, 15) is 4.79 Å². The molecule has 1 aliphatic rings. The van der Waals surface area contributed by atoms with Crippen molar-refractivity contribution in [1.29, 1.82) is 0 Å². The first-order chi connectivity index (χ1) is 10.1. The van der Waals surface area contributed by atoms with Gasteiger partial charge in [-0.05, 0) is 29.7 Å². The molecule has 0 saturated heterocycles. The highest BCUT2D eigenvalue weighted by molar-refractivity contribution is 6.44. The van der Waals surface area contributed by atoms with Gasteiger partial charge >= 0.3 is 0 Å². The summed E-state index contributed by atoms with van der Waals surface area (Å²) in [5.41, 5.74) is 2.98. The van der Waals surface area contributed by atoms with Gasteiger partial charge in [0.25, 0.3) is 0 Å². The Morgan fingerprint density at radius 3 is 2.67 bits per heavy atom. The molecule has 0 aromatic heterocycles. The molecular formula is C16H14Cl2N2O. The maximum absolute atomic E-state index is 12.4. The van der Waals surface area contributed by atoms with Gasteiger partial charge in [-0.2, -0.15) is 0 Å². The molecule has 2 aromatic rings. The summed E-state index contributed by atoms with van der Waals surface area (Å²) < 4.78 is 0. The van der Waals surface area contributed by atoms with Gasteiger partial charge < -0.3 is 10.6 Å². The van der Waals surface area contributed by atoms with Crippen LogP contribution >= 0.6 is 23.2 Å². The van der Waals surface area contributed by atoms with Crippen molar-refractivity contribution in [1.82, 2.24) is 5.32 Å². The number of rotatable bonds is 2. The molecule has 1 aliphatic heterocycles. The Morgan fingerprint density at radius 2 is 1.86 bits per heavy atom. The minimum atomic E-state index is -0.269. The fraction of sp³-hybridized carbons (Fsp3) is 0.188. The van der Waals surface area contributed by atoms with Crippen LogP contribution in [0.2, 0.25) is 10.0 Å². The highest BCUT2D eigenvalue weighted by atomic mass is 35.5. The van der Waals surface area contributed by atoms with Gasteiger partial charge in [-0.15, -0.1) is 0 Å². The van der Waals surface area contributed by atoms with E-state index in [4.69, 9.17) is 23.2 Å². The molecule has 0 fully saturated rings. The van der Waals surface area contributed by atoms with Crippen LogP contribution in [0.5, 0.6) is 0 Å². The molecule has 1 heterocycles. The third-order valence-corrected chi connectivity index (χ3v) is 4.43. The SMILES string of the molecule is O=C(Nc1cccc(Cl)c1Cl)C1Cc2ccccc2CN1. The average Bonchev–Trinajstić information content (AvgIpc) is 2.51. The molecule has 1 amide bonds. The van der Waals surface area contributed by atoms with Crippen LogP contribution in [-0.2, 0) is 17.8 Å². The number of nitrogens with one attached hydrogen (secondary N) is 2. The zero-order valence-electron chi connectivity index (χ0n) is 11.2. The summed E-state index contributed by atoms with van der Waals surface area (Å²) in [6.07, 6.45) is 0.667. The van der Waals surface area contributed by atoms with Crippen LogP contribution in [0, 0.1) is 0 Å². The Hall–Kier alpha value is -1.55. The molecule has 0 saturated carbocycles. The highest BCUT2D eigenvalue weighted by Gasteiger charge is 2.24. The van der Waals surface area contributed by atoms with Crippen molar-refractivity contribution in [3.05, 3.63) is 63.6 Å². The van der Waals surface area contributed by atoms with E-state index in [-0.39, 0.29) is 11.9 Å². The molecule has 1 atom stereocenters. The Kier molecular flexibility index (Phi) is 4.15. The van der Waals surface area contributed by atoms with Crippen LogP contribution in [-0.4, -0.2) is 11.9 Å². The normalized spacial score (nSPS) is 17.1. The molecule has 1 unspecified atom stereocenters. The zero-order chi connectivity index (χ0) is 14.8. The molecule has 108 valence electrons. The number of carbonyl (C=O) groups excluding carboxylic acids is 1. The van der Waals surface area contributed by atoms with Crippen LogP contribution in [0.1, 0.15) is 11.1 Å². The first-order valence-corrected chi connectivity index (χ1v) is 7.46.